The zero-order valence-electron chi connectivity index (χ0n) is 17.9. The Morgan fingerprint density at radius 2 is 1.48 bits per heavy atom. The van der Waals surface area contributed by atoms with Crippen LogP contribution < -0.4 is 4.18 Å². The number of rotatable bonds is 5. The van der Waals surface area contributed by atoms with Crippen LogP contribution in [0.1, 0.15) is 46.6 Å². The van der Waals surface area contributed by atoms with Crippen LogP contribution in [-0.2, 0) is 15.5 Å². The van der Waals surface area contributed by atoms with E-state index in [-0.39, 0.29) is 16.5 Å². The van der Waals surface area contributed by atoms with Gasteiger partial charge < -0.3 is 4.18 Å². The maximum atomic E-state index is 12.9. The minimum Gasteiger partial charge on any atom is -0.374 e. The second-order valence-corrected chi connectivity index (χ2v) is 10.8. The van der Waals surface area contributed by atoms with Crippen molar-refractivity contribution in [2.24, 2.45) is 5.41 Å². The maximum Gasteiger partial charge on any atom is 0.534 e. The fourth-order valence-electron chi connectivity index (χ4n) is 3.73. The van der Waals surface area contributed by atoms with E-state index in [1.54, 1.807) is 36.4 Å². The largest absolute Gasteiger partial charge is 0.534 e. The zero-order valence-corrected chi connectivity index (χ0v) is 18.7. The van der Waals surface area contributed by atoms with Crippen LogP contribution in [0.2, 0.25) is 0 Å². The fourth-order valence-corrected chi connectivity index (χ4v) is 4.20. The van der Waals surface area contributed by atoms with Crippen LogP contribution in [0.5, 0.6) is 5.75 Å². The molecule has 0 saturated carbocycles. The Morgan fingerprint density at radius 3 is 1.97 bits per heavy atom. The van der Waals surface area contributed by atoms with Gasteiger partial charge in [-0.3, -0.25) is 0 Å². The second-order valence-electron chi connectivity index (χ2n) is 9.27. The number of alkyl halides is 3. The highest BCUT2D eigenvalue weighted by atomic mass is 32.2. The van der Waals surface area contributed by atoms with Crippen LogP contribution >= 0.6 is 0 Å². The van der Waals surface area contributed by atoms with Crippen LogP contribution in [-0.4, -0.2) is 28.9 Å². The van der Waals surface area contributed by atoms with Gasteiger partial charge in [-0.2, -0.15) is 21.6 Å². The van der Waals surface area contributed by atoms with Crippen molar-refractivity contribution in [3.8, 4) is 11.4 Å². The predicted octanol–water partition coefficient (Wildman–Crippen LogP) is 5.36. The van der Waals surface area contributed by atoms with Crippen LogP contribution in [0.3, 0.4) is 0 Å². The smallest absolute Gasteiger partial charge is 0.374 e. The lowest BCUT2D eigenvalue weighted by molar-refractivity contribution is -0.0500. The molecule has 10 heteroatoms. The van der Waals surface area contributed by atoms with Gasteiger partial charge in [0.25, 0.3) is 0 Å². The molecule has 6 nitrogen and oxygen atoms in total. The van der Waals surface area contributed by atoms with Crippen molar-refractivity contribution in [3.63, 3.8) is 0 Å². The van der Waals surface area contributed by atoms with Gasteiger partial charge in [0.2, 0.25) is 0 Å². The molecular weight excluding hydrogens is 431 g/mol. The van der Waals surface area contributed by atoms with Gasteiger partial charge in [-0.15, -0.1) is 15.0 Å². The summed E-state index contributed by atoms with van der Waals surface area (Å²) in [6, 6.07) is 11.2. The van der Waals surface area contributed by atoms with Gasteiger partial charge in [0.15, 0.2) is 5.75 Å². The molecule has 1 aromatic heterocycles. The third-order valence-corrected chi connectivity index (χ3v) is 5.66. The van der Waals surface area contributed by atoms with Crippen molar-refractivity contribution in [1.29, 1.82) is 0 Å². The average Bonchev–Trinajstić information content (AvgIpc) is 3.02. The molecule has 3 aromatic rings. The lowest BCUT2D eigenvalue weighted by Crippen LogP contribution is -2.29. The molecule has 31 heavy (non-hydrogen) atoms. The molecule has 0 radical (unpaired) electrons. The molecule has 1 heterocycles. The van der Waals surface area contributed by atoms with E-state index in [0.29, 0.717) is 11.0 Å². The van der Waals surface area contributed by atoms with E-state index in [1.165, 1.54) is 6.07 Å². The van der Waals surface area contributed by atoms with E-state index in [1.807, 2.05) is 13.8 Å². The first-order valence-corrected chi connectivity index (χ1v) is 11.0. The van der Waals surface area contributed by atoms with Crippen molar-refractivity contribution in [2.45, 2.75) is 52.0 Å². The minimum atomic E-state index is -5.86. The van der Waals surface area contributed by atoms with Crippen LogP contribution in [0.15, 0.2) is 42.5 Å². The molecule has 0 atom stereocenters. The number of aromatic nitrogens is 3. The number of benzene rings is 2. The molecule has 0 fully saturated rings. The van der Waals surface area contributed by atoms with E-state index in [0.717, 1.165) is 16.8 Å². The summed E-state index contributed by atoms with van der Waals surface area (Å²) < 4.78 is 66.5. The topological polar surface area (TPSA) is 74.1 Å². The van der Waals surface area contributed by atoms with Crippen molar-refractivity contribution >= 4 is 21.2 Å². The van der Waals surface area contributed by atoms with Gasteiger partial charge in [-0.05, 0) is 47.1 Å². The summed E-state index contributed by atoms with van der Waals surface area (Å²) in [4.78, 5) is 1.10. The minimum absolute atomic E-state index is 0.00325. The Bertz CT molecular complexity index is 1180. The zero-order chi connectivity index (χ0) is 23.2. The van der Waals surface area contributed by atoms with Crippen molar-refractivity contribution in [2.75, 3.05) is 0 Å². The summed E-state index contributed by atoms with van der Waals surface area (Å²) >= 11 is 0. The highest BCUT2D eigenvalue weighted by Gasteiger charge is 2.49. The van der Waals surface area contributed by atoms with E-state index >= 15 is 0 Å². The number of halogens is 3. The molecule has 0 aliphatic heterocycles. The van der Waals surface area contributed by atoms with Crippen molar-refractivity contribution in [1.82, 2.24) is 15.0 Å². The van der Waals surface area contributed by atoms with E-state index in [2.05, 4.69) is 35.2 Å². The molecule has 168 valence electrons. The molecule has 0 unspecified atom stereocenters. The monoisotopic (exact) mass is 455 g/mol. The van der Waals surface area contributed by atoms with Gasteiger partial charge in [0.05, 0.1) is 0 Å². The molecule has 0 aliphatic rings. The molecule has 0 N–H and O–H groups in total. The Balaban J connectivity index is 2.17. The number of fused-ring (bicyclic) bond motifs is 1. The lowest BCUT2D eigenvalue weighted by Gasteiger charge is -2.33. The first-order chi connectivity index (χ1) is 14.1. The first-order valence-electron chi connectivity index (χ1n) is 9.57. The third kappa shape index (κ3) is 5.00. The quantitative estimate of drug-likeness (QED) is 0.382. The standard InChI is InChI=1S/C21H24F3N3O3S/c1-19(2,3)13-20(4,5)14-10-11-18(30-31(28,29)21(22,23)24)17(12-14)27-25-15-8-6-7-9-16(15)26-27/h6-12H,13H2,1-5H3. The maximum absolute atomic E-state index is 12.9. The van der Waals surface area contributed by atoms with Gasteiger partial charge in [-0.1, -0.05) is 52.8 Å². The van der Waals surface area contributed by atoms with Crippen molar-refractivity contribution < 1.29 is 25.8 Å². The van der Waals surface area contributed by atoms with Gasteiger partial charge in [-0.25, -0.2) is 0 Å². The number of hydrogen-bond donors (Lipinski definition) is 0. The average molecular weight is 456 g/mol. The summed E-state index contributed by atoms with van der Waals surface area (Å²) in [6.07, 6.45) is 0.773. The molecular formula is C21H24F3N3O3S. The molecule has 2 aromatic carbocycles. The molecule has 0 amide bonds. The van der Waals surface area contributed by atoms with E-state index < -0.39 is 21.4 Å². The summed E-state index contributed by atoms with van der Waals surface area (Å²) in [5.74, 6) is -0.507. The molecule has 0 bridgehead atoms. The summed E-state index contributed by atoms with van der Waals surface area (Å²) in [7, 11) is -5.86. The van der Waals surface area contributed by atoms with Crippen LogP contribution in [0.25, 0.3) is 16.7 Å². The van der Waals surface area contributed by atoms with Crippen molar-refractivity contribution in [3.05, 3.63) is 48.0 Å². The Labute approximate surface area is 179 Å². The van der Waals surface area contributed by atoms with Crippen LogP contribution in [0.4, 0.5) is 13.2 Å². The van der Waals surface area contributed by atoms with Gasteiger partial charge in [0.1, 0.15) is 16.7 Å². The van der Waals surface area contributed by atoms with E-state index in [4.69, 9.17) is 0 Å². The summed E-state index contributed by atoms with van der Waals surface area (Å²) in [6.45, 7) is 10.3. The van der Waals surface area contributed by atoms with Gasteiger partial charge >= 0.3 is 15.6 Å². The third-order valence-electron chi connectivity index (χ3n) is 4.70. The fraction of sp³-hybridized carbons (Fsp3) is 0.429. The molecule has 0 saturated heterocycles. The summed E-state index contributed by atoms with van der Waals surface area (Å²) in [5, 5.41) is 8.57. The molecule has 0 aliphatic carbocycles. The molecule has 0 spiro atoms. The van der Waals surface area contributed by atoms with Gasteiger partial charge in [0, 0.05) is 0 Å². The number of hydrogen-bond acceptors (Lipinski definition) is 5. The highest BCUT2D eigenvalue weighted by molar-refractivity contribution is 7.88. The lowest BCUT2D eigenvalue weighted by atomic mass is 9.72. The molecule has 3 rings (SSSR count). The number of nitrogens with zero attached hydrogens (tertiary/aromatic N) is 3. The second kappa shape index (κ2) is 7.51. The Morgan fingerprint density at radius 1 is 0.935 bits per heavy atom. The predicted molar refractivity (Wildman–Crippen MR) is 112 cm³/mol. The normalized spacial score (nSPS) is 13.5. The van der Waals surface area contributed by atoms with Crippen LogP contribution in [0, 0.1) is 5.41 Å². The Kier molecular flexibility index (Phi) is 5.58. The SMILES string of the molecule is CC(C)(C)CC(C)(C)c1ccc(OS(=O)(=O)C(F)(F)F)c(-n2nc3ccccc3n2)c1. The Hall–Kier alpha value is -2.62. The van der Waals surface area contributed by atoms with E-state index in [9.17, 15) is 21.6 Å². The first kappa shape index (κ1) is 23.1. The highest BCUT2D eigenvalue weighted by Crippen LogP contribution is 2.39. The summed E-state index contributed by atoms with van der Waals surface area (Å²) in [5.41, 5.74) is -4.13.